The summed E-state index contributed by atoms with van der Waals surface area (Å²) in [7, 11) is 3.54. The van der Waals surface area contributed by atoms with E-state index in [1.807, 2.05) is 23.9 Å². The standard InChI is InChI=1S/C49H58ClF2N11O4/c1-28(29-12-18-62(19-13-29)32-7-8-33-38(25-32)60(3)58-40(33)34-9-11-39(64)55-45(34)65)61-20-14-48(15-21-61)16-22-63(23-17-48)47-53-26-36(50)44(57-47)54-31-6-10-37-35(24-31)41-42(46(66)59(37)2)67-27-49(51,52)43(56-41)30-4-5-30/h6-8,10,24-26,28-30,34,43,56H,4-5,9,11-23,27H2,1-3H3,(H,53,54,57)(H,55,64,65)/t28-,34?,43-/m0/s1. The number of pyridine rings is 1. The zero-order valence-corrected chi connectivity index (χ0v) is 39.0. The van der Waals surface area contributed by atoms with Gasteiger partial charge in [-0.3, -0.25) is 24.4 Å². The van der Waals surface area contributed by atoms with Crippen LogP contribution >= 0.6 is 11.6 Å². The third-order valence-electron chi connectivity index (χ3n) is 16.2. The number of alkyl halides is 2. The molecule has 0 bridgehead atoms. The lowest BCUT2D eigenvalue weighted by Crippen LogP contribution is -2.51. The van der Waals surface area contributed by atoms with Crippen molar-refractivity contribution in [1.82, 2.24) is 34.5 Å². The van der Waals surface area contributed by atoms with Crippen molar-refractivity contribution in [2.45, 2.75) is 95.1 Å². The van der Waals surface area contributed by atoms with Crippen LogP contribution < -0.4 is 36.0 Å². The van der Waals surface area contributed by atoms with Crippen LogP contribution in [0, 0.1) is 17.3 Å². The fraction of sp³-hybridized carbons (Fsp3) is 0.551. The number of hydrogen-bond donors (Lipinski definition) is 3. The maximum atomic E-state index is 15.2. The van der Waals surface area contributed by atoms with E-state index in [2.05, 4.69) is 60.8 Å². The first-order valence-electron chi connectivity index (χ1n) is 24.0. The van der Waals surface area contributed by atoms with Crippen LogP contribution in [0.5, 0.6) is 5.75 Å². The predicted molar refractivity (Wildman–Crippen MR) is 255 cm³/mol. The normalized spacial score (nSPS) is 24.0. The maximum absolute atomic E-state index is 15.2. The first kappa shape index (κ1) is 44.0. The Morgan fingerprint density at radius 1 is 0.881 bits per heavy atom. The van der Waals surface area contributed by atoms with Crippen molar-refractivity contribution < 1.29 is 23.1 Å². The highest BCUT2D eigenvalue weighted by atomic mass is 35.5. The summed E-state index contributed by atoms with van der Waals surface area (Å²) in [6.45, 7) is 7.49. The summed E-state index contributed by atoms with van der Waals surface area (Å²) in [6, 6.07) is 11.3. The molecule has 18 heteroatoms. The number of aryl methyl sites for hydroxylation is 2. The van der Waals surface area contributed by atoms with Crippen molar-refractivity contribution >= 4 is 74.0 Å². The minimum Gasteiger partial charge on any atom is -0.480 e. The molecule has 6 aliphatic rings. The van der Waals surface area contributed by atoms with E-state index in [9.17, 15) is 14.4 Å². The number of imide groups is 1. The molecular weight excluding hydrogens is 880 g/mol. The van der Waals surface area contributed by atoms with E-state index in [1.54, 1.807) is 19.3 Å². The number of likely N-dealkylation sites (tertiary alicyclic amines) is 1. The summed E-state index contributed by atoms with van der Waals surface area (Å²) in [5, 5.41) is 15.5. The second-order valence-corrected chi connectivity index (χ2v) is 20.5. The first-order chi connectivity index (χ1) is 32.2. The van der Waals surface area contributed by atoms with Gasteiger partial charge in [0.1, 0.15) is 5.02 Å². The van der Waals surface area contributed by atoms with Crippen LogP contribution in [0.1, 0.15) is 82.7 Å². The van der Waals surface area contributed by atoms with Gasteiger partial charge in [0, 0.05) is 74.9 Å². The molecule has 2 amide bonds. The minimum atomic E-state index is -3.13. The Bertz CT molecular complexity index is 2820. The third-order valence-corrected chi connectivity index (χ3v) is 16.4. The Morgan fingerprint density at radius 3 is 2.36 bits per heavy atom. The number of amides is 2. The Hall–Kier alpha value is -5.55. The highest BCUT2D eigenvalue weighted by molar-refractivity contribution is 6.33. The smallest absolute Gasteiger partial charge is 0.301 e. The monoisotopic (exact) mass is 937 g/mol. The van der Waals surface area contributed by atoms with Crippen LogP contribution in [-0.2, 0) is 23.7 Å². The molecule has 0 radical (unpaired) electrons. The Morgan fingerprint density at radius 2 is 1.63 bits per heavy atom. The Balaban J connectivity index is 0.696. The third kappa shape index (κ3) is 8.12. The first-order valence-corrected chi connectivity index (χ1v) is 24.4. The summed E-state index contributed by atoms with van der Waals surface area (Å²) < 4.78 is 39.3. The van der Waals surface area contributed by atoms with E-state index < -0.39 is 30.0 Å². The topological polar surface area (TPSA) is 155 Å². The van der Waals surface area contributed by atoms with Gasteiger partial charge in [-0.05, 0) is 131 Å². The number of ether oxygens (including phenoxy) is 1. The van der Waals surface area contributed by atoms with Crippen LogP contribution in [0.2, 0.25) is 5.02 Å². The van der Waals surface area contributed by atoms with Crippen LogP contribution in [0.15, 0.2) is 47.4 Å². The molecule has 3 atom stereocenters. The summed E-state index contributed by atoms with van der Waals surface area (Å²) in [5.74, 6) is -2.61. The lowest BCUT2D eigenvalue weighted by molar-refractivity contribution is -0.134. The number of piperidine rings is 4. The molecule has 1 unspecified atom stereocenters. The molecule has 1 saturated carbocycles. The molecule has 1 aliphatic carbocycles. The average Bonchev–Trinajstić information content (AvgIpc) is 4.14. The van der Waals surface area contributed by atoms with Gasteiger partial charge in [-0.15, -0.1) is 0 Å². The molecule has 1 spiro atoms. The molecule has 2 aromatic carbocycles. The number of carbonyl (C=O) groups is 2. The van der Waals surface area contributed by atoms with Gasteiger partial charge in [0.05, 0.1) is 40.6 Å². The summed E-state index contributed by atoms with van der Waals surface area (Å²) in [4.78, 5) is 54.7. The van der Waals surface area contributed by atoms with Crippen molar-refractivity contribution in [3.63, 3.8) is 0 Å². The number of benzene rings is 2. The predicted octanol–water partition coefficient (Wildman–Crippen LogP) is 7.34. The molecule has 5 fully saturated rings. The second kappa shape index (κ2) is 16.9. The van der Waals surface area contributed by atoms with Crippen molar-refractivity contribution in [1.29, 1.82) is 0 Å². The van der Waals surface area contributed by atoms with Gasteiger partial charge in [-0.2, -0.15) is 10.1 Å². The van der Waals surface area contributed by atoms with Crippen LogP contribution in [-0.4, -0.2) is 105 Å². The van der Waals surface area contributed by atoms with Crippen molar-refractivity contribution in [3.8, 4) is 5.75 Å². The molecular formula is C49H58ClF2N11O4. The number of hydrogen-bond acceptors (Lipinski definition) is 12. The van der Waals surface area contributed by atoms with Gasteiger partial charge < -0.3 is 34.6 Å². The van der Waals surface area contributed by atoms with Crippen molar-refractivity contribution in [2.24, 2.45) is 31.3 Å². The molecule has 11 rings (SSSR count). The van der Waals surface area contributed by atoms with Crippen molar-refractivity contribution in [3.05, 3.63) is 63.7 Å². The van der Waals surface area contributed by atoms with Crippen molar-refractivity contribution in [2.75, 3.05) is 66.3 Å². The summed E-state index contributed by atoms with van der Waals surface area (Å²) in [6.07, 6.45) is 10.6. The number of nitrogens with one attached hydrogen (secondary N) is 3. The van der Waals surface area contributed by atoms with Gasteiger partial charge in [0.15, 0.2) is 12.4 Å². The Kier molecular flexibility index (Phi) is 11.1. The minimum absolute atomic E-state index is 0.0971. The molecule has 5 aromatic rings. The van der Waals surface area contributed by atoms with E-state index in [-0.39, 0.29) is 29.2 Å². The number of aromatic nitrogens is 5. The van der Waals surface area contributed by atoms with E-state index in [0.29, 0.717) is 76.4 Å². The van der Waals surface area contributed by atoms with Crippen LogP contribution in [0.25, 0.3) is 21.8 Å². The Labute approximate surface area is 392 Å². The van der Waals surface area contributed by atoms with Gasteiger partial charge in [0.25, 0.3) is 5.56 Å². The molecule has 3 N–H and O–H groups in total. The quantitative estimate of drug-likeness (QED) is 0.134. The molecule has 354 valence electrons. The number of rotatable bonds is 8. The SMILES string of the molecule is C[C@@H](C1CCN(c2ccc3c(C4CCC(=O)NC4=O)nn(C)c3c2)CC1)N1CCC2(CCN(c3ncc(Cl)c(Nc4ccc5c(c4)c4c(c(=O)n5C)OCC(F)(F)[C@H](C5CC5)N4)n3)CC2)CC1. The number of halogens is 3. The fourth-order valence-corrected chi connectivity index (χ4v) is 11.9. The molecule has 8 heterocycles. The maximum Gasteiger partial charge on any atom is 0.301 e. The molecule has 4 saturated heterocycles. The van der Waals surface area contributed by atoms with Crippen LogP contribution in [0.4, 0.5) is 37.6 Å². The molecule has 5 aliphatic heterocycles. The van der Waals surface area contributed by atoms with Crippen LogP contribution in [0.3, 0.4) is 0 Å². The van der Waals surface area contributed by atoms with Gasteiger partial charge in [0.2, 0.25) is 23.5 Å². The highest BCUT2D eigenvalue weighted by Gasteiger charge is 2.51. The molecule has 15 nitrogen and oxygen atoms in total. The van der Waals surface area contributed by atoms with E-state index in [1.165, 1.54) is 23.1 Å². The van der Waals surface area contributed by atoms with E-state index >= 15 is 8.78 Å². The average molecular weight is 939 g/mol. The summed E-state index contributed by atoms with van der Waals surface area (Å²) in [5.41, 5.74) is 4.28. The van der Waals surface area contributed by atoms with Gasteiger partial charge in [-0.1, -0.05) is 11.6 Å². The second-order valence-electron chi connectivity index (χ2n) is 20.1. The lowest BCUT2D eigenvalue weighted by Gasteiger charge is -2.49. The largest absolute Gasteiger partial charge is 0.480 e. The number of fused-ring (bicyclic) bond motifs is 4. The van der Waals surface area contributed by atoms with Gasteiger partial charge in [-0.25, -0.2) is 13.8 Å². The zero-order chi connectivity index (χ0) is 46.4. The molecule has 3 aromatic heterocycles. The zero-order valence-electron chi connectivity index (χ0n) is 38.3. The van der Waals surface area contributed by atoms with E-state index in [4.69, 9.17) is 26.4 Å². The molecule has 67 heavy (non-hydrogen) atoms. The van der Waals surface area contributed by atoms with E-state index in [0.717, 1.165) is 81.5 Å². The number of carbonyl (C=O) groups excluding carboxylic acids is 2. The van der Waals surface area contributed by atoms with Gasteiger partial charge >= 0.3 is 5.92 Å². The summed E-state index contributed by atoms with van der Waals surface area (Å²) >= 11 is 6.69. The highest BCUT2D eigenvalue weighted by Crippen LogP contribution is 2.47. The lowest BCUT2D eigenvalue weighted by atomic mass is 9.70. The number of anilines is 5. The fourth-order valence-electron chi connectivity index (χ4n) is 11.7. The number of nitrogens with zero attached hydrogens (tertiary/aromatic N) is 8.